The molecule has 4 aromatic rings. The van der Waals surface area contributed by atoms with Crippen LogP contribution >= 0.6 is 0 Å². The smallest absolute Gasteiger partial charge is 0.225 e. The number of Topliss-reactive ketones (excluding diaryl/α,β-unsaturated/α-hetero) is 1. The highest BCUT2D eigenvalue weighted by atomic mass is 16.3. The second-order valence-corrected chi connectivity index (χ2v) is 8.48. The van der Waals surface area contributed by atoms with E-state index in [1.807, 2.05) is 55.5 Å². The van der Waals surface area contributed by atoms with E-state index in [0.717, 1.165) is 35.1 Å². The van der Waals surface area contributed by atoms with Crippen molar-refractivity contribution < 1.29 is 9.90 Å². The van der Waals surface area contributed by atoms with Gasteiger partial charge in [-0.15, -0.1) is 0 Å². The summed E-state index contributed by atoms with van der Waals surface area (Å²) in [7, 11) is 0. The quantitative estimate of drug-likeness (QED) is 0.446. The van der Waals surface area contributed by atoms with Crippen molar-refractivity contribution in [2.24, 2.45) is 0 Å². The molecule has 2 atom stereocenters. The van der Waals surface area contributed by atoms with Crippen molar-refractivity contribution >= 4 is 22.6 Å². The van der Waals surface area contributed by atoms with Gasteiger partial charge in [0.15, 0.2) is 5.78 Å². The highest BCUT2D eigenvalue weighted by Gasteiger charge is 2.35. The molecule has 0 bridgehead atoms. The molecule has 7 nitrogen and oxygen atoms in total. The van der Waals surface area contributed by atoms with E-state index in [4.69, 9.17) is 0 Å². The number of rotatable bonds is 6. The third kappa shape index (κ3) is 4.25. The lowest BCUT2D eigenvalue weighted by atomic mass is 9.92. The number of aryl methyl sites for hydroxylation is 1. The monoisotopic (exact) mass is 441 g/mol. The van der Waals surface area contributed by atoms with Crippen molar-refractivity contribution in [3.05, 3.63) is 89.9 Å². The van der Waals surface area contributed by atoms with Crippen LogP contribution in [0.3, 0.4) is 0 Å². The third-order valence-electron chi connectivity index (χ3n) is 6.38. The van der Waals surface area contributed by atoms with Crippen LogP contribution in [0.1, 0.15) is 27.5 Å². The summed E-state index contributed by atoms with van der Waals surface area (Å²) in [5.41, 5.74) is 3.48. The molecule has 0 spiro atoms. The van der Waals surface area contributed by atoms with Gasteiger partial charge in [-0.05, 0) is 24.6 Å². The van der Waals surface area contributed by atoms with E-state index in [1.165, 1.54) is 0 Å². The van der Waals surface area contributed by atoms with Crippen molar-refractivity contribution in [2.75, 3.05) is 31.1 Å². The molecule has 168 valence electrons. The first-order valence-electron chi connectivity index (χ1n) is 11.2. The van der Waals surface area contributed by atoms with Crippen LogP contribution in [-0.2, 0) is 0 Å². The number of anilines is 1. The van der Waals surface area contributed by atoms with Gasteiger partial charge in [-0.2, -0.15) is 0 Å². The van der Waals surface area contributed by atoms with Crippen molar-refractivity contribution in [1.29, 1.82) is 0 Å². The molecule has 1 aliphatic rings. The second kappa shape index (κ2) is 9.13. The molecule has 1 fully saturated rings. The van der Waals surface area contributed by atoms with Crippen LogP contribution in [0.15, 0.2) is 73.2 Å². The summed E-state index contributed by atoms with van der Waals surface area (Å²) in [5, 5.41) is 12.3. The summed E-state index contributed by atoms with van der Waals surface area (Å²) in [6.07, 6.45) is 4.00. The predicted octanol–water partition coefficient (Wildman–Crippen LogP) is 3.37. The van der Waals surface area contributed by atoms with Crippen LogP contribution in [0, 0.1) is 6.92 Å². The third-order valence-corrected chi connectivity index (χ3v) is 6.38. The largest absolute Gasteiger partial charge is 0.383 e. The summed E-state index contributed by atoms with van der Waals surface area (Å²) < 4.78 is 0. The van der Waals surface area contributed by atoms with E-state index in [0.29, 0.717) is 24.6 Å². The van der Waals surface area contributed by atoms with E-state index in [-0.39, 0.29) is 5.78 Å². The number of para-hydroxylation sites is 1. The van der Waals surface area contributed by atoms with Gasteiger partial charge in [-0.25, -0.2) is 9.97 Å². The number of hydrogen-bond donors (Lipinski definition) is 2. The maximum Gasteiger partial charge on any atom is 0.225 e. The van der Waals surface area contributed by atoms with Crippen LogP contribution in [0.25, 0.3) is 10.9 Å². The Bertz CT molecular complexity index is 1230. The van der Waals surface area contributed by atoms with E-state index in [1.54, 1.807) is 24.7 Å². The van der Waals surface area contributed by atoms with Crippen molar-refractivity contribution in [1.82, 2.24) is 19.9 Å². The van der Waals surface area contributed by atoms with Gasteiger partial charge in [0.25, 0.3) is 0 Å². The van der Waals surface area contributed by atoms with Crippen molar-refractivity contribution in [3.63, 3.8) is 0 Å². The number of H-pyrrole nitrogens is 1. The maximum atomic E-state index is 13.5. The van der Waals surface area contributed by atoms with Gasteiger partial charge in [0.1, 0.15) is 6.10 Å². The number of ketones is 1. The number of hydrogen-bond acceptors (Lipinski definition) is 6. The number of aromatic amines is 1. The standard InChI is InChI=1S/C26H27N5O2/c1-18-7-9-19(10-8-18)23(30-13-15-31(16-14-30)26-27-11-4-12-28-26)25(33)24(32)21-17-29-22-6-3-2-5-20(21)22/h2-12,17,23,25,29,33H,13-16H2,1H3/t23-,25-/m1/s1. The van der Waals surface area contributed by atoms with E-state index < -0.39 is 12.1 Å². The number of aromatic nitrogens is 3. The Kier molecular flexibility index (Phi) is 5.90. The zero-order valence-electron chi connectivity index (χ0n) is 18.6. The highest BCUT2D eigenvalue weighted by Crippen LogP contribution is 2.30. The highest BCUT2D eigenvalue weighted by molar-refractivity contribution is 6.10. The number of carbonyl (C=O) groups excluding carboxylic acids is 1. The summed E-state index contributed by atoms with van der Waals surface area (Å²) in [4.78, 5) is 29.7. The van der Waals surface area contributed by atoms with Crippen LogP contribution in [0.5, 0.6) is 0 Å². The normalized spacial score (nSPS) is 16.6. The Hall–Kier alpha value is -3.55. The average molecular weight is 442 g/mol. The van der Waals surface area contributed by atoms with Crippen LogP contribution in [0.2, 0.25) is 0 Å². The fourth-order valence-corrected chi connectivity index (χ4v) is 4.59. The minimum absolute atomic E-state index is 0.271. The summed E-state index contributed by atoms with van der Waals surface area (Å²) in [5.74, 6) is 0.436. The number of fused-ring (bicyclic) bond motifs is 1. The average Bonchev–Trinajstić information content (AvgIpc) is 3.30. The van der Waals surface area contributed by atoms with Gasteiger partial charge < -0.3 is 15.0 Å². The molecule has 2 aromatic carbocycles. The minimum Gasteiger partial charge on any atom is -0.383 e. The lowest BCUT2D eigenvalue weighted by Crippen LogP contribution is -2.51. The Labute approximate surface area is 192 Å². The van der Waals surface area contributed by atoms with E-state index in [9.17, 15) is 9.90 Å². The second-order valence-electron chi connectivity index (χ2n) is 8.48. The van der Waals surface area contributed by atoms with Gasteiger partial charge in [-0.1, -0.05) is 48.0 Å². The van der Waals surface area contributed by atoms with Gasteiger partial charge in [0, 0.05) is 61.2 Å². The molecule has 2 aromatic heterocycles. The molecular weight excluding hydrogens is 414 g/mol. The SMILES string of the molecule is Cc1ccc([C@H]([C@@H](O)C(=O)c2c[nH]c3ccccc23)N2CCN(c3ncccn3)CC2)cc1. The molecule has 1 saturated heterocycles. The van der Waals surface area contributed by atoms with E-state index >= 15 is 0 Å². The Balaban J connectivity index is 1.42. The Morgan fingerprint density at radius 1 is 0.970 bits per heavy atom. The van der Waals surface area contributed by atoms with Gasteiger partial charge in [-0.3, -0.25) is 9.69 Å². The molecule has 2 N–H and O–H groups in total. The number of benzene rings is 2. The van der Waals surface area contributed by atoms with Gasteiger partial charge >= 0.3 is 0 Å². The number of piperazine rings is 1. The fourth-order valence-electron chi connectivity index (χ4n) is 4.59. The molecule has 0 radical (unpaired) electrons. The molecule has 0 saturated carbocycles. The minimum atomic E-state index is -1.19. The summed E-state index contributed by atoms with van der Waals surface area (Å²) in [6, 6.07) is 17.1. The molecule has 0 aliphatic carbocycles. The number of aliphatic hydroxyl groups is 1. The Morgan fingerprint density at radius 2 is 1.67 bits per heavy atom. The molecule has 0 unspecified atom stereocenters. The zero-order chi connectivity index (χ0) is 22.8. The number of carbonyl (C=O) groups is 1. The predicted molar refractivity (Wildman–Crippen MR) is 128 cm³/mol. The van der Waals surface area contributed by atoms with Crippen molar-refractivity contribution in [3.8, 4) is 0 Å². The first-order chi connectivity index (χ1) is 16.1. The maximum absolute atomic E-state index is 13.5. The number of aliphatic hydroxyl groups excluding tert-OH is 1. The fraction of sp³-hybridized carbons (Fsp3) is 0.269. The van der Waals surface area contributed by atoms with Crippen LogP contribution in [0.4, 0.5) is 5.95 Å². The van der Waals surface area contributed by atoms with E-state index in [2.05, 4.69) is 24.8 Å². The molecular formula is C26H27N5O2. The molecule has 0 amide bonds. The number of nitrogens with zero attached hydrogens (tertiary/aromatic N) is 4. The number of nitrogens with one attached hydrogen (secondary N) is 1. The van der Waals surface area contributed by atoms with Gasteiger partial charge in [0.05, 0.1) is 6.04 Å². The van der Waals surface area contributed by atoms with Gasteiger partial charge in [0.2, 0.25) is 5.95 Å². The summed E-state index contributed by atoms with van der Waals surface area (Å²) >= 11 is 0. The lowest BCUT2D eigenvalue weighted by molar-refractivity contribution is 0.0365. The molecule has 33 heavy (non-hydrogen) atoms. The molecule has 3 heterocycles. The van der Waals surface area contributed by atoms with Crippen molar-refractivity contribution in [2.45, 2.75) is 19.1 Å². The van der Waals surface area contributed by atoms with Crippen LogP contribution < -0.4 is 4.90 Å². The first kappa shape index (κ1) is 21.3. The first-order valence-corrected chi connectivity index (χ1v) is 11.2. The lowest BCUT2D eigenvalue weighted by Gasteiger charge is -2.40. The Morgan fingerprint density at radius 3 is 2.39 bits per heavy atom. The summed E-state index contributed by atoms with van der Waals surface area (Å²) in [6.45, 7) is 4.86. The molecule has 1 aliphatic heterocycles. The van der Waals surface area contributed by atoms with Crippen LogP contribution in [-0.4, -0.2) is 63.0 Å². The molecule has 5 rings (SSSR count). The topological polar surface area (TPSA) is 85.4 Å². The zero-order valence-corrected chi connectivity index (χ0v) is 18.6. The molecule has 7 heteroatoms.